The minimum atomic E-state index is 0.541. The van der Waals surface area contributed by atoms with Gasteiger partial charge in [-0.1, -0.05) is 30.3 Å². The van der Waals surface area contributed by atoms with Crippen LogP contribution in [0.15, 0.2) is 30.3 Å². The van der Waals surface area contributed by atoms with Crippen LogP contribution in [0.25, 0.3) is 0 Å². The molecule has 2 heteroatoms. The van der Waals surface area contributed by atoms with Gasteiger partial charge in [0.25, 0.3) is 0 Å². The summed E-state index contributed by atoms with van der Waals surface area (Å²) in [6.07, 6.45) is 0. The Labute approximate surface area is 86.2 Å². The summed E-state index contributed by atoms with van der Waals surface area (Å²) in [6, 6.07) is 10.6. The maximum atomic E-state index is 4.37. The van der Waals surface area contributed by atoms with Crippen LogP contribution in [-0.2, 0) is 0 Å². The first-order valence-electron chi connectivity index (χ1n) is 4.54. The topological polar surface area (TPSA) is 3.24 Å². The van der Waals surface area contributed by atoms with Crippen LogP contribution in [0.3, 0.4) is 0 Å². The molecule has 0 saturated carbocycles. The van der Waals surface area contributed by atoms with Crippen molar-refractivity contribution in [3.63, 3.8) is 0 Å². The zero-order valence-electron chi connectivity index (χ0n) is 8.27. The lowest BCUT2D eigenvalue weighted by atomic mass is 10.0. The Morgan fingerprint density at radius 3 is 2.31 bits per heavy atom. The van der Waals surface area contributed by atoms with Crippen molar-refractivity contribution in [3.8, 4) is 0 Å². The molecule has 1 unspecified atom stereocenters. The number of likely N-dealkylation sites (N-methyl/N-ethyl adjacent to an activating group) is 1. The highest BCUT2D eigenvalue weighted by Crippen LogP contribution is 2.17. The molecule has 0 aliphatic carbocycles. The molecule has 0 N–H and O–H groups in total. The molecule has 0 saturated heterocycles. The molecular weight excluding hydrogens is 178 g/mol. The Hall–Kier alpha value is -0.470. The van der Waals surface area contributed by atoms with Gasteiger partial charge in [0.1, 0.15) is 0 Å². The van der Waals surface area contributed by atoms with Crippen LogP contribution in [0.1, 0.15) is 11.5 Å². The summed E-state index contributed by atoms with van der Waals surface area (Å²) >= 11 is 4.37. The van der Waals surface area contributed by atoms with Gasteiger partial charge in [-0.05, 0) is 25.4 Å². The highest BCUT2D eigenvalue weighted by Gasteiger charge is 2.09. The molecule has 0 radical (unpaired) electrons. The molecule has 1 nitrogen and oxygen atoms in total. The number of thiol groups is 1. The van der Waals surface area contributed by atoms with Gasteiger partial charge in [-0.25, -0.2) is 0 Å². The number of hydrogen-bond donors (Lipinski definition) is 1. The van der Waals surface area contributed by atoms with Crippen molar-refractivity contribution < 1.29 is 0 Å². The second kappa shape index (κ2) is 5.30. The predicted octanol–water partition coefficient (Wildman–Crippen LogP) is 2.26. The Morgan fingerprint density at radius 1 is 1.23 bits per heavy atom. The minimum absolute atomic E-state index is 0.541. The quantitative estimate of drug-likeness (QED) is 0.721. The van der Waals surface area contributed by atoms with E-state index in [0.717, 1.165) is 12.3 Å². The van der Waals surface area contributed by atoms with Crippen LogP contribution in [0, 0.1) is 0 Å². The molecule has 1 aromatic rings. The van der Waals surface area contributed by atoms with Gasteiger partial charge in [-0.15, -0.1) is 0 Å². The molecule has 1 atom stereocenters. The van der Waals surface area contributed by atoms with Gasteiger partial charge >= 0.3 is 0 Å². The van der Waals surface area contributed by atoms with Crippen molar-refractivity contribution in [1.29, 1.82) is 0 Å². The Kier molecular flexibility index (Phi) is 4.33. The molecule has 1 rings (SSSR count). The van der Waals surface area contributed by atoms with E-state index >= 15 is 0 Å². The van der Waals surface area contributed by atoms with Crippen molar-refractivity contribution >= 4 is 12.6 Å². The summed E-state index contributed by atoms with van der Waals surface area (Å²) in [5.41, 5.74) is 1.38. The summed E-state index contributed by atoms with van der Waals surface area (Å²) in [5, 5.41) is 0. The van der Waals surface area contributed by atoms with Crippen LogP contribution in [0.4, 0.5) is 0 Å². The summed E-state index contributed by atoms with van der Waals surface area (Å²) in [6.45, 7) is 1.06. The van der Waals surface area contributed by atoms with Gasteiger partial charge in [-0.3, -0.25) is 0 Å². The molecule has 0 fully saturated rings. The van der Waals surface area contributed by atoms with Crippen LogP contribution >= 0.6 is 12.6 Å². The smallest absolute Gasteiger partial charge is 0.00539 e. The molecule has 0 spiro atoms. The zero-order valence-corrected chi connectivity index (χ0v) is 9.17. The molecule has 0 aliphatic rings. The second-order valence-electron chi connectivity index (χ2n) is 3.55. The van der Waals surface area contributed by atoms with Gasteiger partial charge in [-0.2, -0.15) is 12.6 Å². The van der Waals surface area contributed by atoms with E-state index < -0.39 is 0 Å². The third-order valence-corrected chi connectivity index (χ3v) is 2.52. The Morgan fingerprint density at radius 2 is 1.85 bits per heavy atom. The SMILES string of the molecule is CN(C)CC(CS)c1ccccc1. The summed E-state index contributed by atoms with van der Waals surface area (Å²) in [7, 11) is 4.19. The van der Waals surface area contributed by atoms with E-state index in [0.29, 0.717) is 5.92 Å². The lowest BCUT2D eigenvalue weighted by Crippen LogP contribution is -2.21. The minimum Gasteiger partial charge on any atom is -0.309 e. The molecule has 0 heterocycles. The van der Waals surface area contributed by atoms with E-state index in [4.69, 9.17) is 0 Å². The Balaban J connectivity index is 2.67. The van der Waals surface area contributed by atoms with Crippen LogP contribution < -0.4 is 0 Å². The third-order valence-electron chi connectivity index (χ3n) is 2.08. The molecule has 1 aromatic carbocycles. The van der Waals surface area contributed by atoms with E-state index in [2.05, 4.69) is 62.0 Å². The van der Waals surface area contributed by atoms with E-state index in [1.165, 1.54) is 5.56 Å². The molecule has 72 valence electrons. The fraction of sp³-hybridized carbons (Fsp3) is 0.455. The summed E-state index contributed by atoms with van der Waals surface area (Å²) in [4.78, 5) is 2.20. The normalized spacial score (nSPS) is 13.2. The van der Waals surface area contributed by atoms with E-state index in [1.54, 1.807) is 0 Å². The van der Waals surface area contributed by atoms with Crippen molar-refractivity contribution in [2.45, 2.75) is 5.92 Å². The monoisotopic (exact) mass is 195 g/mol. The number of rotatable bonds is 4. The van der Waals surface area contributed by atoms with Crippen molar-refractivity contribution in [2.24, 2.45) is 0 Å². The van der Waals surface area contributed by atoms with Crippen LogP contribution in [0.5, 0.6) is 0 Å². The lowest BCUT2D eigenvalue weighted by molar-refractivity contribution is 0.385. The second-order valence-corrected chi connectivity index (χ2v) is 3.92. The van der Waals surface area contributed by atoms with Crippen molar-refractivity contribution in [2.75, 3.05) is 26.4 Å². The first kappa shape index (κ1) is 10.6. The largest absolute Gasteiger partial charge is 0.309 e. The summed E-state index contributed by atoms with van der Waals surface area (Å²) < 4.78 is 0. The van der Waals surface area contributed by atoms with Crippen molar-refractivity contribution in [3.05, 3.63) is 35.9 Å². The highest BCUT2D eigenvalue weighted by atomic mass is 32.1. The number of benzene rings is 1. The zero-order chi connectivity index (χ0) is 9.68. The highest BCUT2D eigenvalue weighted by molar-refractivity contribution is 7.80. The van der Waals surface area contributed by atoms with E-state index in [-0.39, 0.29) is 0 Å². The maximum absolute atomic E-state index is 4.37. The molecule has 0 bridgehead atoms. The molecular formula is C11H17NS. The van der Waals surface area contributed by atoms with Crippen LogP contribution in [-0.4, -0.2) is 31.3 Å². The average molecular weight is 195 g/mol. The average Bonchev–Trinajstić information content (AvgIpc) is 2.15. The number of hydrogen-bond acceptors (Lipinski definition) is 2. The fourth-order valence-electron chi connectivity index (χ4n) is 1.43. The maximum Gasteiger partial charge on any atom is 0.00539 e. The van der Waals surface area contributed by atoms with Crippen LogP contribution in [0.2, 0.25) is 0 Å². The summed E-state index contributed by atoms with van der Waals surface area (Å²) in [5.74, 6) is 1.45. The van der Waals surface area contributed by atoms with Gasteiger partial charge in [0.05, 0.1) is 0 Å². The van der Waals surface area contributed by atoms with Gasteiger partial charge < -0.3 is 4.90 Å². The Bertz CT molecular complexity index is 233. The predicted molar refractivity (Wildman–Crippen MR) is 61.6 cm³/mol. The van der Waals surface area contributed by atoms with E-state index in [9.17, 15) is 0 Å². The number of nitrogens with zero attached hydrogens (tertiary/aromatic N) is 1. The first-order chi connectivity index (χ1) is 6.24. The standard InChI is InChI=1S/C11H17NS/c1-12(2)8-11(9-13)10-6-4-3-5-7-10/h3-7,11,13H,8-9H2,1-2H3. The van der Waals surface area contributed by atoms with Crippen molar-refractivity contribution in [1.82, 2.24) is 4.90 Å². The molecule has 0 amide bonds. The molecule has 0 aromatic heterocycles. The lowest BCUT2D eigenvalue weighted by Gasteiger charge is -2.19. The molecule has 0 aliphatic heterocycles. The first-order valence-corrected chi connectivity index (χ1v) is 5.18. The van der Waals surface area contributed by atoms with E-state index in [1.807, 2.05) is 0 Å². The fourth-order valence-corrected chi connectivity index (χ4v) is 1.76. The van der Waals surface area contributed by atoms with Gasteiger partial charge in [0, 0.05) is 12.5 Å². The van der Waals surface area contributed by atoms with Gasteiger partial charge in [0.2, 0.25) is 0 Å². The van der Waals surface area contributed by atoms with Gasteiger partial charge in [0.15, 0.2) is 0 Å². The third kappa shape index (κ3) is 3.41. The molecule has 13 heavy (non-hydrogen) atoms.